The lowest BCUT2D eigenvalue weighted by molar-refractivity contribution is -0.137. The summed E-state index contributed by atoms with van der Waals surface area (Å²) in [6, 6.07) is -0.356. The van der Waals surface area contributed by atoms with E-state index in [1.54, 1.807) is 6.33 Å². The van der Waals surface area contributed by atoms with Gasteiger partial charge in [0.25, 0.3) is 0 Å². The zero-order valence-electron chi connectivity index (χ0n) is 14.5. The molecule has 3 heterocycles. The summed E-state index contributed by atoms with van der Waals surface area (Å²) in [7, 11) is -3.11. The van der Waals surface area contributed by atoms with E-state index in [0.29, 0.717) is 26.1 Å². The molecule has 1 aromatic heterocycles. The SMILES string of the molecule is Cc1[nH]cnc1CN1CCN(C(=O)CC(C)C)[C@H]2CS(=O)(=O)C[C@H]21. The van der Waals surface area contributed by atoms with Crippen LogP contribution in [-0.4, -0.2) is 70.8 Å². The van der Waals surface area contributed by atoms with E-state index < -0.39 is 9.84 Å². The molecule has 1 aromatic rings. The summed E-state index contributed by atoms with van der Waals surface area (Å²) in [6.07, 6.45) is 2.14. The predicted molar refractivity (Wildman–Crippen MR) is 91.1 cm³/mol. The number of amides is 1. The van der Waals surface area contributed by atoms with E-state index in [2.05, 4.69) is 14.9 Å². The number of fused-ring (bicyclic) bond motifs is 1. The van der Waals surface area contributed by atoms with Crippen molar-refractivity contribution in [2.24, 2.45) is 5.92 Å². The number of rotatable bonds is 4. The highest BCUT2D eigenvalue weighted by molar-refractivity contribution is 7.91. The molecule has 0 aromatic carbocycles. The topological polar surface area (TPSA) is 86.4 Å². The van der Waals surface area contributed by atoms with Crippen LogP contribution < -0.4 is 0 Å². The molecule has 2 aliphatic rings. The van der Waals surface area contributed by atoms with Gasteiger partial charge in [-0.2, -0.15) is 0 Å². The lowest BCUT2D eigenvalue weighted by atomic mass is 10.0. The molecule has 2 atom stereocenters. The summed E-state index contributed by atoms with van der Waals surface area (Å²) >= 11 is 0. The number of aromatic amines is 1. The number of hydrogen-bond donors (Lipinski definition) is 1. The molecule has 2 aliphatic heterocycles. The quantitative estimate of drug-likeness (QED) is 0.854. The molecule has 8 heteroatoms. The fourth-order valence-corrected chi connectivity index (χ4v) is 5.75. The van der Waals surface area contributed by atoms with E-state index in [4.69, 9.17) is 0 Å². The first kappa shape index (κ1) is 17.4. The molecule has 0 unspecified atom stereocenters. The number of hydrogen-bond acceptors (Lipinski definition) is 5. The third-order valence-electron chi connectivity index (χ3n) is 4.98. The lowest BCUT2D eigenvalue weighted by Gasteiger charge is -2.44. The van der Waals surface area contributed by atoms with Gasteiger partial charge >= 0.3 is 0 Å². The molecular weight excluding hydrogens is 328 g/mol. The summed E-state index contributed by atoms with van der Waals surface area (Å²) in [6.45, 7) is 7.89. The summed E-state index contributed by atoms with van der Waals surface area (Å²) in [5.41, 5.74) is 1.95. The lowest BCUT2D eigenvalue weighted by Crippen LogP contribution is -2.60. The van der Waals surface area contributed by atoms with Crippen molar-refractivity contribution in [3.8, 4) is 0 Å². The fourth-order valence-electron chi connectivity index (χ4n) is 3.74. The van der Waals surface area contributed by atoms with E-state index in [0.717, 1.165) is 11.4 Å². The first-order chi connectivity index (χ1) is 11.3. The maximum Gasteiger partial charge on any atom is 0.223 e. The third kappa shape index (κ3) is 3.49. The van der Waals surface area contributed by atoms with Gasteiger partial charge < -0.3 is 9.88 Å². The number of aryl methyl sites for hydroxylation is 1. The van der Waals surface area contributed by atoms with Crippen molar-refractivity contribution in [3.63, 3.8) is 0 Å². The Bertz CT molecular complexity index is 713. The van der Waals surface area contributed by atoms with Gasteiger partial charge in [0.05, 0.1) is 29.6 Å². The van der Waals surface area contributed by atoms with E-state index in [1.165, 1.54) is 0 Å². The molecule has 2 saturated heterocycles. The van der Waals surface area contributed by atoms with Crippen LogP contribution in [0.15, 0.2) is 6.33 Å². The molecule has 7 nitrogen and oxygen atoms in total. The molecule has 0 spiro atoms. The average Bonchev–Trinajstić information content (AvgIpc) is 3.00. The highest BCUT2D eigenvalue weighted by Crippen LogP contribution is 2.29. The monoisotopic (exact) mass is 354 g/mol. The van der Waals surface area contributed by atoms with Gasteiger partial charge in [0.2, 0.25) is 5.91 Å². The Balaban J connectivity index is 1.80. The van der Waals surface area contributed by atoms with Crippen molar-refractivity contribution in [2.75, 3.05) is 24.6 Å². The fraction of sp³-hybridized carbons (Fsp3) is 0.750. The van der Waals surface area contributed by atoms with E-state index >= 15 is 0 Å². The van der Waals surface area contributed by atoms with Crippen LogP contribution in [0.4, 0.5) is 0 Å². The Kier molecular flexibility index (Phi) is 4.70. The third-order valence-corrected chi connectivity index (χ3v) is 6.68. The zero-order chi connectivity index (χ0) is 17.5. The maximum absolute atomic E-state index is 12.5. The van der Waals surface area contributed by atoms with E-state index in [-0.39, 0.29) is 35.4 Å². The molecule has 1 amide bonds. The summed E-state index contributed by atoms with van der Waals surface area (Å²) in [4.78, 5) is 23.9. The van der Waals surface area contributed by atoms with Crippen molar-refractivity contribution in [1.29, 1.82) is 0 Å². The number of sulfone groups is 1. The first-order valence-electron chi connectivity index (χ1n) is 8.49. The Morgan fingerprint density at radius 3 is 2.67 bits per heavy atom. The van der Waals surface area contributed by atoms with E-state index in [1.807, 2.05) is 25.7 Å². The Hall–Kier alpha value is -1.41. The number of piperazine rings is 1. The Morgan fingerprint density at radius 1 is 1.33 bits per heavy atom. The normalized spacial score (nSPS) is 26.8. The standard InChI is InChI=1S/C16H26N4O3S/c1-11(2)6-16(21)20-5-4-19(7-13-12(3)17-10-18-13)14-8-24(22,23)9-15(14)20/h10-11,14-15H,4-9H2,1-3H3,(H,17,18)/t14-,15+/m1/s1. The molecule has 3 rings (SSSR count). The maximum atomic E-state index is 12.5. The summed E-state index contributed by atoms with van der Waals surface area (Å²) in [5.74, 6) is 0.566. The minimum absolute atomic E-state index is 0.0766. The molecular formula is C16H26N4O3S. The van der Waals surface area contributed by atoms with Crippen LogP contribution >= 0.6 is 0 Å². The number of carbonyl (C=O) groups is 1. The van der Waals surface area contributed by atoms with Crippen LogP contribution in [0.25, 0.3) is 0 Å². The second-order valence-electron chi connectivity index (χ2n) is 7.34. The van der Waals surface area contributed by atoms with Gasteiger partial charge in [-0.3, -0.25) is 9.69 Å². The number of carbonyl (C=O) groups excluding carboxylic acids is 1. The van der Waals surface area contributed by atoms with Crippen LogP contribution in [0.1, 0.15) is 31.7 Å². The average molecular weight is 354 g/mol. The number of H-pyrrole nitrogens is 1. The minimum atomic E-state index is -3.11. The van der Waals surface area contributed by atoms with Crippen molar-refractivity contribution in [1.82, 2.24) is 19.8 Å². The highest BCUT2D eigenvalue weighted by Gasteiger charge is 2.47. The van der Waals surface area contributed by atoms with Gasteiger partial charge in [0.15, 0.2) is 9.84 Å². The molecule has 0 radical (unpaired) electrons. The molecule has 134 valence electrons. The van der Waals surface area contributed by atoms with Gasteiger partial charge in [0, 0.05) is 37.8 Å². The minimum Gasteiger partial charge on any atom is -0.348 e. The molecule has 24 heavy (non-hydrogen) atoms. The van der Waals surface area contributed by atoms with Crippen LogP contribution in [0.5, 0.6) is 0 Å². The predicted octanol–water partition coefficient (Wildman–Crippen LogP) is 0.574. The van der Waals surface area contributed by atoms with Crippen LogP contribution in [0.2, 0.25) is 0 Å². The second-order valence-corrected chi connectivity index (χ2v) is 9.50. The van der Waals surface area contributed by atoms with Crippen LogP contribution in [0, 0.1) is 12.8 Å². The van der Waals surface area contributed by atoms with Gasteiger partial charge in [-0.1, -0.05) is 13.8 Å². The zero-order valence-corrected chi connectivity index (χ0v) is 15.3. The number of nitrogens with zero attached hydrogens (tertiary/aromatic N) is 3. The number of nitrogens with one attached hydrogen (secondary N) is 1. The molecule has 0 saturated carbocycles. The molecule has 2 fully saturated rings. The summed E-state index contributed by atoms with van der Waals surface area (Å²) < 4.78 is 24.4. The van der Waals surface area contributed by atoms with Crippen molar-refractivity contribution >= 4 is 15.7 Å². The largest absolute Gasteiger partial charge is 0.348 e. The van der Waals surface area contributed by atoms with Crippen molar-refractivity contribution in [3.05, 3.63) is 17.7 Å². The van der Waals surface area contributed by atoms with Gasteiger partial charge in [-0.05, 0) is 12.8 Å². The second kappa shape index (κ2) is 6.48. The van der Waals surface area contributed by atoms with Gasteiger partial charge in [-0.25, -0.2) is 13.4 Å². The molecule has 0 bridgehead atoms. The van der Waals surface area contributed by atoms with Crippen LogP contribution in [-0.2, 0) is 21.2 Å². The Morgan fingerprint density at radius 2 is 2.04 bits per heavy atom. The van der Waals surface area contributed by atoms with Crippen LogP contribution in [0.3, 0.4) is 0 Å². The highest BCUT2D eigenvalue weighted by atomic mass is 32.2. The van der Waals surface area contributed by atoms with Crippen molar-refractivity contribution in [2.45, 2.75) is 45.8 Å². The molecule has 1 N–H and O–H groups in total. The van der Waals surface area contributed by atoms with E-state index in [9.17, 15) is 13.2 Å². The number of imidazole rings is 1. The first-order valence-corrected chi connectivity index (χ1v) is 10.3. The van der Waals surface area contributed by atoms with Gasteiger partial charge in [-0.15, -0.1) is 0 Å². The molecule has 0 aliphatic carbocycles. The smallest absolute Gasteiger partial charge is 0.223 e. The van der Waals surface area contributed by atoms with Gasteiger partial charge in [0.1, 0.15) is 0 Å². The summed E-state index contributed by atoms with van der Waals surface area (Å²) in [5, 5.41) is 0. The van der Waals surface area contributed by atoms with Crippen molar-refractivity contribution < 1.29 is 13.2 Å². The Labute approximate surface area is 143 Å². The number of aromatic nitrogens is 2.